The number of nitro benzene ring substituents is 2. The van der Waals surface area contributed by atoms with Crippen molar-refractivity contribution >= 4 is 55.4 Å². The quantitative estimate of drug-likeness (QED) is 0.217. The van der Waals surface area contributed by atoms with Crippen molar-refractivity contribution in [3.63, 3.8) is 0 Å². The van der Waals surface area contributed by atoms with Crippen molar-refractivity contribution in [2.75, 3.05) is 0 Å². The topological polar surface area (TPSA) is 137 Å². The molecule has 3 aromatic carbocycles. The van der Waals surface area contributed by atoms with Crippen molar-refractivity contribution in [2.45, 2.75) is 6.61 Å². The second kappa shape index (κ2) is 10.8. The molecule has 1 N–H and O–H groups in total. The molecule has 0 heterocycles. The van der Waals surface area contributed by atoms with Crippen LogP contribution in [-0.4, -0.2) is 22.0 Å². The first-order valence-electron chi connectivity index (χ1n) is 9.18. The number of para-hydroxylation sites is 1. The van der Waals surface area contributed by atoms with E-state index in [4.69, 9.17) is 4.74 Å². The van der Waals surface area contributed by atoms with Crippen LogP contribution in [0.4, 0.5) is 11.4 Å². The maximum absolute atomic E-state index is 12.2. The van der Waals surface area contributed by atoms with Gasteiger partial charge in [-0.15, -0.1) is 0 Å². The second-order valence-corrected chi connectivity index (χ2v) is 8.21. The Kier molecular flexibility index (Phi) is 7.85. The summed E-state index contributed by atoms with van der Waals surface area (Å²) in [5, 5.41) is 25.7. The number of hydrogen-bond donors (Lipinski definition) is 1. The van der Waals surface area contributed by atoms with Crippen LogP contribution in [0.5, 0.6) is 5.75 Å². The molecule has 3 rings (SSSR count). The zero-order valence-corrected chi connectivity index (χ0v) is 19.8. The number of carbonyl (C=O) groups is 1. The Morgan fingerprint density at radius 3 is 2.24 bits per heavy atom. The highest BCUT2D eigenvalue weighted by Gasteiger charge is 2.18. The summed E-state index contributed by atoms with van der Waals surface area (Å²) in [6, 6.07) is 15.0. The van der Waals surface area contributed by atoms with E-state index < -0.39 is 15.8 Å². The molecule has 0 aliphatic rings. The van der Waals surface area contributed by atoms with Crippen LogP contribution in [0, 0.1) is 20.2 Å². The minimum absolute atomic E-state index is 0.00119. The average Bonchev–Trinajstić information content (AvgIpc) is 2.78. The molecule has 0 radical (unpaired) electrons. The molecule has 1 amide bonds. The number of nitrogens with one attached hydrogen (secondary N) is 1. The molecule has 0 fully saturated rings. The fourth-order valence-electron chi connectivity index (χ4n) is 2.71. The van der Waals surface area contributed by atoms with E-state index in [0.717, 1.165) is 5.56 Å². The van der Waals surface area contributed by atoms with Crippen molar-refractivity contribution in [2.24, 2.45) is 5.10 Å². The van der Waals surface area contributed by atoms with Gasteiger partial charge in [-0.1, -0.05) is 12.1 Å². The van der Waals surface area contributed by atoms with E-state index in [1.54, 1.807) is 24.3 Å². The summed E-state index contributed by atoms with van der Waals surface area (Å²) in [5.41, 5.74) is 3.22. The molecule has 0 bridgehead atoms. The number of amides is 1. The monoisotopic (exact) mass is 576 g/mol. The van der Waals surface area contributed by atoms with Crippen LogP contribution < -0.4 is 10.2 Å². The van der Waals surface area contributed by atoms with Gasteiger partial charge in [-0.25, -0.2) is 5.43 Å². The van der Waals surface area contributed by atoms with E-state index >= 15 is 0 Å². The van der Waals surface area contributed by atoms with Gasteiger partial charge in [0.1, 0.15) is 17.9 Å². The fraction of sp³-hybridized carbons (Fsp3) is 0.0476. The number of benzene rings is 3. The van der Waals surface area contributed by atoms with Gasteiger partial charge in [0.25, 0.3) is 17.3 Å². The van der Waals surface area contributed by atoms with Gasteiger partial charge in [0, 0.05) is 18.2 Å². The maximum atomic E-state index is 12.2. The van der Waals surface area contributed by atoms with Crippen molar-refractivity contribution < 1.29 is 19.4 Å². The first kappa shape index (κ1) is 24.0. The van der Waals surface area contributed by atoms with Crippen LogP contribution in [0.3, 0.4) is 0 Å². The smallest absolute Gasteiger partial charge is 0.282 e. The van der Waals surface area contributed by atoms with Gasteiger partial charge in [-0.05, 0) is 73.3 Å². The van der Waals surface area contributed by atoms with Crippen molar-refractivity contribution in [1.82, 2.24) is 5.43 Å². The molecule has 10 nitrogen and oxygen atoms in total. The van der Waals surface area contributed by atoms with Gasteiger partial charge in [0.2, 0.25) is 0 Å². The number of carbonyl (C=O) groups excluding carboxylic acids is 1. The van der Waals surface area contributed by atoms with E-state index in [1.807, 2.05) is 0 Å². The average molecular weight is 578 g/mol. The lowest BCUT2D eigenvalue weighted by atomic mass is 10.2. The van der Waals surface area contributed by atoms with E-state index in [1.165, 1.54) is 42.6 Å². The molecular formula is C21H14Br2N4O6. The third kappa shape index (κ3) is 6.20. The van der Waals surface area contributed by atoms with Crippen molar-refractivity contribution in [1.29, 1.82) is 0 Å². The number of hydrazone groups is 1. The molecule has 0 atom stereocenters. The maximum Gasteiger partial charge on any atom is 0.282 e. The highest BCUT2D eigenvalue weighted by Crippen LogP contribution is 2.35. The van der Waals surface area contributed by atoms with Crippen LogP contribution in [-0.2, 0) is 6.61 Å². The second-order valence-electron chi connectivity index (χ2n) is 6.50. The Morgan fingerprint density at radius 2 is 1.64 bits per heavy atom. The van der Waals surface area contributed by atoms with E-state index in [2.05, 4.69) is 42.4 Å². The Hall–Kier alpha value is -3.64. The first-order valence-corrected chi connectivity index (χ1v) is 10.8. The standard InChI is InChI=1S/C21H14Br2N4O6/c22-17-9-14(11-24-25-21(28)16-3-1-2-4-19(16)27(31)32)10-18(23)20(17)33-12-13-5-7-15(8-6-13)26(29)30/h1-11H,12H2,(H,25,28)/b24-11-. The molecule has 0 saturated heterocycles. The number of hydrogen-bond acceptors (Lipinski definition) is 7. The Morgan fingerprint density at radius 1 is 1.00 bits per heavy atom. The summed E-state index contributed by atoms with van der Waals surface area (Å²) in [7, 11) is 0. The number of rotatable bonds is 8. The Bertz CT molecular complexity index is 1220. The number of nitrogens with zero attached hydrogens (tertiary/aromatic N) is 3. The van der Waals surface area contributed by atoms with Gasteiger partial charge in [-0.3, -0.25) is 25.0 Å². The predicted molar refractivity (Wildman–Crippen MR) is 127 cm³/mol. The summed E-state index contributed by atoms with van der Waals surface area (Å²) in [6.45, 7) is 0.189. The molecule has 0 aliphatic heterocycles. The minimum Gasteiger partial charge on any atom is -0.487 e. The fourth-order valence-corrected chi connectivity index (χ4v) is 4.16. The van der Waals surface area contributed by atoms with Crippen LogP contribution >= 0.6 is 31.9 Å². The lowest BCUT2D eigenvalue weighted by Crippen LogP contribution is -2.18. The number of ether oxygens (including phenoxy) is 1. The molecule has 0 spiro atoms. The lowest BCUT2D eigenvalue weighted by Gasteiger charge is -2.11. The number of halogens is 2. The van der Waals surface area contributed by atoms with E-state index in [0.29, 0.717) is 20.3 Å². The molecule has 33 heavy (non-hydrogen) atoms. The van der Waals surface area contributed by atoms with Crippen LogP contribution in [0.15, 0.2) is 74.7 Å². The van der Waals surface area contributed by atoms with E-state index in [9.17, 15) is 25.0 Å². The van der Waals surface area contributed by atoms with Gasteiger partial charge >= 0.3 is 0 Å². The molecule has 0 aromatic heterocycles. The third-order valence-electron chi connectivity index (χ3n) is 4.28. The summed E-state index contributed by atoms with van der Waals surface area (Å²) >= 11 is 6.83. The summed E-state index contributed by atoms with van der Waals surface area (Å²) in [4.78, 5) is 32.9. The molecule has 3 aromatic rings. The zero-order chi connectivity index (χ0) is 24.0. The lowest BCUT2D eigenvalue weighted by molar-refractivity contribution is -0.385. The third-order valence-corrected chi connectivity index (χ3v) is 5.45. The normalized spacial score (nSPS) is 10.7. The van der Waals surface area contributed by atoms with Crippen LogP contribution in [0.2, 0.25) is 0 Å². The number of non-ortho nitro benzene ring substituents is 1. The zero-order valence-electron chi connectivity index (χ0n) is 16.6. The largest absolute Gasteiger partial charge is 0.487 e. The summed E-state index contributed by atoms with van der Waals surface area (Å²) in [5.74, 6) is -0.200. The molecular weight excluding hydrogens is 564 g/mol. The number of nitro groups is 2. The van der Waals surface area contributed by atoms with Gasteiger partial charge in [0.05, 0.1) is 25.0 Å². The van der Waals surface area contributed by atoms with Gasteiger partial charge in [0.15, 0.2) is 0 Å². The summed E-state index contributed by atoms with van der Waals surface area (Å²) in [6.07, 6.45) is 1.38. The first-order chi connectivity index (χ1) is 15.8. The van der Waals surface area contributed by atoms with Crippen molar-refractivity contribution in [3.8, 4) is 5.75 Å². The predicted octanol–water partition coefficient (Wildman–Crippen LogP) is 5.37. The van der Waals surface area contributed by atoms with Gasteiger partial charge < -0.3 is 4.74 Å². The van der Waals surface area contributed by atoms with Crippen LogP contribution in [0.25, 0.3) is 0 Å². The Labute approximate surface area is 203 Å². The molecule has 12 heteroatoms. The van der Waals surface area contributed by atoms with E-state index in [-0.39, 0.29) is 23.5 Å². The van der Waals surface area contributed by atoms with Gasteiger partial charge in [-0.2, -0.15) is 5.10 Å². The SMILES string of the molecule is O=C(N/N=C\c1cc(Br)c(OCc2ccc([N+](=O)[O-])cc2)c(Br)c1)c1ccccc1[N+](=O)[O-]. The molecule has 0 aliphatic carbocycles. The van der Waals surface area contributed by atoms with Crippen molar-refractivity contribution in [3.05, 3.63) is 107 Å². The molecule has 0 saturated carbocycles. The molecule has 168 valence electrons. The highest BCUT2D eigenvalue weighted by atomic mass is 79.9. The van der Waals surface area contributed by atoms with Crippen LogP contribution in [0.1, 0.15) is 21.5 Å². The highest BCUT2D eigenvalue weighted by molar-refractivity contribution is 9.11. The minimum atomic E-state index is -0.709. The molecule has 0 unspecified atom stereocenters. The summed E-state index contributed by atoms with van der Waals surface area (Å²) < 4.78 is 7.01. The Balaban J connectivity index is 1.66.